The van der Waals surface area contributed by atoms with Crippen molar-refractivity contribution in [2.75, 3.05) is 39.0 Å². The van der Waals surface area contributed by atoms with Crippen LogP contribution in [0.5, 0.6) is 5.75 Å². The first-order chi connectivity index (χ1) is 10.5. The van der Waals surface area contributed by atoms with Gasteiger partial charge in [0.05, 0.1) is 29.5 Å². The lowest BCUT2D eigenvalue weighted by Crippen LogP contribution is -2.40. The molecular formula is C15H22ClN3O3. The number of nitrogens with zero attached hydrogens (tertiary/aromatic N) is 1. The molecule has 0 saturated carbocycles. The molecule has 1 aromatic rings. The zero-order chi connectivity index (χ0) is 16.1. The fourth-order valence-corrected chi connectivity index (χ4v) is 2.64. The number of methoxy groups -OCH3 is 1. The first-order valence-corrected chi connectivity index (χ1v) is 7.70. The van der Waals surface area contributed by atoms with Crippen LogP contribution in [-0.2, 0) is 0 Å². The summed E-state index contributed by atoms with van der Waals surface area (Å²) in [6.07, 6.45) is 1.39. The van der Waals surface area contributed by atoms with Crippen LogP contribution in [0.15, 0.2) is 12.1 Å². The number of piperidine rings is 1. The van der Waals surface area contributed by atoms with Crippen LogP contribution in [0.3, 0.4) is 0 Å². The Morgan fingerprint density at radius 1 is 1.50 bits per heavy atom. The van der Waals surface area contributed by atoms with Crippen molar-refractivity contribution in [3.8, 4) is 5.75 Å². The first kappa shape index (κ1) is 16.9. The van der Waals surface area contributed by atoms with E-state index < -0.39 is 0 Å². The number of aliphatic hydroxyl groups excluding tert-OH is 1. The second-order valence-electron chi connectivity index (χ2n) is 5.40. The summed E-state index contributed by atoms with van der Waals surface area (Å²) in [6.45, 7) is 2.99. The summed E-state index contributed by atoms with van der Waals surface area (Å²) in [5.41, 5.74) is 6.45. The number of nitrogen functional groups attached to an aromatic ring is 1. The lowest BCUT2D eigenvalue weighted by atomic mass is 10.1. The van der Waals surface area contributed by atoms with Crippen molar-refractivity contribution in [2.24, 2.45) is 0 Å². The van der Waals surface area contributed by atoms with Gasteiger partial charge in [0, 0.05) is 32.2 Å². The van der Waals surface area contributed by atoms with E-state index in [2.05, 4.69) is 10.2 Å². The van der Waals surface area contributed by atoms with Gasteiger partial charge < -0.3 is 25.8 Å². The minimum Gasteiger partial charge on any atom is -0.496 e. The van der Waals surface area contributed by atoms with Crippen LogP contribution in [0.4, 0.5) is 5.69 Å². The predicted octanol–water partition coefficient (Wildman–Crippen LogP) is 1.12. The average molecular weight is 328 g/mol. The van der Waals surface area contributed by atoms with Crippen molar-refractivity contribution in [3.63, 3.8) is 0 Å². The minimum absolute atomic E-state index is 0.188. The number of likely N-dealkylation sites (tertiary alicyclic amines) is 1. The zero-order valence-corrected chi connectivity index (χ0v) is 13.4. The lowest BCUT2D eigenvalue weighted by Gasteiger charge is -2.29. The van der Waals surface area contributed by atoms with E-state index in [0.29, 0.717) is 28.6 Å². The molecule has 1 fully saturated rings. The highest BCUT2D eigenvalue weighted by Crippen LogP contribution is 2.28. The highest BCUT2D eigenvalue weighted by Gasteiger charge is 2.18. The van der Waals surface area contributed by atoms with Crippen molar-refractivity contribution in [2.45, 2.75) is 18.9 Å². The third-order valence-corrected chi connectivity index (χ3v) is 4.16. The number of carbonyl (C=O) groups excluding carboxylic acids is 1. The Morgan fingerprint density at radius 3 is 2.82 bits per heavy atom. The monoisotopic (exact) mass is 327 g/mol. The quantitative estimate of drug-likeness (QED) is 0.705. The van der Waals surface area contributed by atoms with Gasteiger partial charge >= 0.3 is 0 Å². The van der Waals surface area contributed by atoms with Gasteiger partial charge in [-0.25, -0.2) is 0 Å². The SMILES string of the molecule is COc1cc(N)c(Cl)cc1C(=O)NCCN1CCC(O)CC1. The molecule has 22 heavy (non-hydrogen) atoms. The predicted molar refractivity (Wildman–Crippen MR) is 86.4 cm³/mol. The second kappa shape index (κ2) is 7.67. The van der Waals surface area contributed by atoms with Crippen molar-refractivity contribution >= 4 is 23.2 Å². The normalized spacial score (nSPS) is 16.5. The lowest BCUT2D eigenvalue weighted by molar-refractivity contribution is 0.0804. The third-order valence-electron chi connectivity index (χ3n) is 3.83. The van der Waals surface area contributed by atoms with Crippen molar-refractivity contribution in [1.29, 1.82) is 0 Å². The van der Waals surface area contributed by atoms with Crippen LogP contribution in [0.25, 0.3) is 0 Å². The van der Waals surface area contributed by atoms with E-state index in [4.69, 9.17) is 22.1 Å². The molecule has 0 spiro atoms. The summed E-state index contributed by atoms with van der Waals surface area (Å²) in [5, 5.41) is 12.6. The largest absolute Gasteiger partial charge is 0.496 e. The molecule has 6 nitrogen and oxygen atoms in total. The molecule has 122 valence electrons. The van der Waals surface area contributed by atoms with Gasteiger partial charge in [-0.2, -0.15) is 0 Å². The number of amides is 1. The van der Waals surface area contributed by atoms with Crippen molar-refractivity contribution < 1.29 is 14.6 Å². The van der Waals surface area contributed by atoms with E-state index in [1.54, 1.807) is 6.07 Å². The van der Waals surface area contributed by atoms with Crippen LogP contribution in [-0.4, -0.2) is 55.3 Å². The Balaban J connectivity index is 1.88. The Morgan fingerprint density at radius 2 is 2.18 bits per heavy atom. The molecule has 0 radical (unpaired) electrons. The standard InChI is InChI=1S/C15H22ClN3O3/c1-22-14-9-13(17)12(16)8-11(14)15(21)18-4-7-19-5-2-10(20)3-6-19/h8-10,20H,2-7,17H2,1H3,(H,18,21). The minimum atomic E-state index is -0.240. The van der Waals surface area contributed by atoms with Gasteiger partial charge in [0.2, 0.25) is 0 Å². The molecule has 7 heteroatoms. The fourth-order valence-electron chi connectivity index (χ4n) is 2.48. The molecule has 2 rings (SSSR count). The third kappa shape index (κ3) is 4.25. The van der Waals surface area contributed by atoms with Crippen LogP contribution in [0.1, 0.15) is 23.2 Å². The highest BCUT2D eigenvalue weighted by atomic mass is 35.5. The highest BCUT2D eigenvalue weighted by molar-refractivity contribution is 6.33. The molecule has 1 heterocycles. The maximum atomic E-state index is 12.2. The molecule has 0 atom stereocenters. The van der Waals surface area contributed by atoms with Crippen LogP contribution < -0.4 is 15.8 Å². The number of aliphatic hydroxyl groups is 1. The number of benzene rings is 1. The Bertz CT molecular complexity index is 531. The zero-order valence-electron chi connectivity index (χ0n) is 12.6. The van der Waals surface area contributed by atoms with E-state index >= 15 is 0 Å². The molecule has 1 amide bonds. The maximum Gasteiger partial charge on any atom is 0.255 e. The molecule has 1 aliphatic rings. The van der Waals surface area contributed by atoms with E-state index in [1.165, 1.54) is 13.2 Å². The van der Waals surface area contributed by atoms with Crippen molar-refractivity contribution in [3.05, 3.63) is 22.7 Å². The summed E-state index contributed by atoms with van der Waals surface area (Å²) >= 11 is 5.96. The smallest absolute Gasteiger partial charge is 0.255 e. The topological polar surface area (TPSA) is 87.8 Å². The number of nitrogens with two attached hydrogens (primary N) is 1. The summed E-state index contributed by atoms with van der Waals surface area (Å²) in [5.74, 6) is 0.163. The van der Waals surface area contributed by atoms with E-state index in [1.807, 2.05) is 0 Å². The van der Waals surface area contributed by atoms with Gasteiger partial charge in [-0.05, 0) is 18.9 Å². The Kier molecular flexibility index (Phi) is 5.88. The van der Waals surface area contributed by atoms with E-state index in [0.717, 1.165) is 32.5 Å². The van der Waals surface area contributed by atoms with Crippen LogP contribution in [0, 0.1) is 0 Å². The van der Waals surface area contributed by atoms with Crippen LogP contribution >= 0.6 is 11.6 Å². The number of nitrogens with one attached hydrogen (secondary N) is 1. The molecule has 0 aromatic heterocycles. The van der Waals surface area contributed by atoms with Gasteiger partial charge in [0.1, 0.15) is 5.75 Å². The number of rotatable bonds is 5. The number of anilines is 1. The molecule has 1 aliphatic heterocycles. The number of halogens is 1. The first-order valence-electron chi connectivity index (χ1n) is 7.33. The molecule has 1 saturated heterocycles. The van der Waals surface area contributed by atoms with E-state index in [9.17, 15) is 9.90 Å². The Hall–Kier alpha value is -1.50. The average Bonchev–Trinajstić information content (AvgIpc) is 2.51. The molecule has 0 bridgehead atoms. The molecule has 4 N–H and O–H groups in total. The molecular weight excluding hydrogens is 306 g/mol. The van der Waals surface area contributed by atoms with Crippen molar-refractivity contribution in [1.82, 2.24) is 10.2 Å². The van der Waals surface area contributed by atoms with Crippen LogP contribution in [0.2, 0.25) is 5.02 Å². The fraction of sp³-hybridized carbons (Fsp3) is 0.533. The Labute approximate surface area is 135 Å². The number of hydrogen-bond donors (Lipinski definition) is 3. The van der Waals surface area contributed by atoms with Gasteiger partial charge in [-0.1, -0.05) is 11.6 Å². The second-order valence-corrected chi connectivity index (χ2v) is 5.81. The molecule has 0 aliphatic carbocycles. The van der Waals surface area contributed by atoms with Gasteiger partial charge in [0.15, 0.2) is 0 Å². The summed E-state index contributed by atoms with van der Waals surface area (Å²) in [6, 6.07) is 3.06. The summed E-state index contributed by atoms with van der Waals surface area (Å²) < 4.78 is 5.17. The molecule has 0 unspecified atom stereocenters. The van der Waals surface area contributed by atoms with Gasteiger partial charge in [-0.15, -0.1) is 0 Å². The van der Waals surface area contributed by atoms with E-state index in [-0.39, 0.29) is 12.0 Å². The van der Waals surface area contributed by atoms with Gasteiger partial charge in [0.25, 0.3) is 5.91 Å². The number of hydrogen-bond acceptors (Lipinski definition) is 5. The summed E-state index contributed by atoms with van der Waals surface area (Å²) in [4.78, 5) is 14.5. The number of ether oxygens (including phenoxy) is 1. The number of carbonyl (C=O) groups is 1. The van der Waals surface area contributed by atoms with Gasteiger partial charge in [-0.3, -0.25) is 4.79 Å². The molecule has 1 aromatic carbocycles. The summed E-state index contributed by atoms with van der Waals surface area (Å²) in [7, 11) is 1.48. The maximum absolute atomic E-state index is 12.2.